The van der Waals surface area contributed by atoms with Crippen LogP contribution >= 0.6 is 0 Å². The van der Waals surface area contributed by atoms with Crippen molar-refractivity contribution >= 4 is 33.4 Å². The number of sulfonamides is 1. The molecule has 0 aliphatic carbocycles. The summed E-state index contributed by atoms with van der Waals surface area (Å²) in [7, 11) is -3.86. The van der Waals surface area contributed by atoms with Crippen LogP contribution in [0, 0.1) is 6.92 Å². The van der Waals surface area contributed by atoms with Crippen LogP contribution in [0.4, 0.5) is 11.5 Å². The van der Waals surface area contributed by atoms with E-state index in [-0.39, 0.29) is 23.6 Å². The minimum atomic E-state index is -3.86. The number of amides is 1. The highest BCUT2D eigenvalue weighted by Gasteiger charge is 2.19. The summed E-state index contributed by atoms with van der Waals surface area (Å²) >= 11 is 0. The molecule has 0 fully saturated rings. The van der Waals surface area contributed by atoms with Crippen LogP contribution in [-0.2, 0) is 19.6 Å². The fourth-order valence-corrected chi connectivity index (χ4v) is 3.07. The Morgan fingerprint density at radius 2 is 1.96 bits per heavy atom. The summed E-state index contributed by atoms with van der Waals surface area (Å²) in [6.45, 7) is 1.63. The highest BCUT2D eigenvalue weighted by atomic mass is 32.2. The van der Waals surface area contributed by atoms with Crippen LogP contribution < -0.4 is 15.8 Å². The number of aliphatic carboxylic acids is 1. The van der Waals surface area contributed by atoms with E-state index in [0.29, 0.717) is 11.4 Å². The molecule has 1 heterocycles. The number of hydrogen-bond acceptors (Lipinski definition) is 7. The Morgan fingerprint density at radius 1 is 1.31 bits per heavy atom. The molecule has 0 spiro atoms. The molecule has 0 aliphatic heterocycles. The first kappa shape index (κ1) is 19.2. The van der Waals surface area contributed by atoms with Crippen molar-refractivity contribution in [1.82, 2.24) is 5.16 Å². The summed E-state index contributed by atoms with van der Waals surface area (Å²) in [5, 5.41) is 15.4. The summed E-state index contributed by atoms with van der Waals surface area (Å²) in [6, 6.07) is 5.87. The van der Waals surface area contributed by atoms with Gasteiger partial charge in [0, 0.05) is 18.2 Å². The van der Waals surface area contributed by atoms with E-state index in [4.69, 9.17) is 15.4 Å². The lowest BCUT2D eigenvalue weighted by Gasteiger charge is -2.15. The van der Waals surface area contributed by atoms with Gasteiger partial charge in [0.05, 0.1) is 4.90 Å². The number of carboxylic acid groups (broad SMARTS) is 1. The minimum absolute atomic E-state index is 0.0117. The molecule has 1 aromatic heterocycles. The molecule has 0 saturated heterocycles. The van der Waals surface area contributed by atoms with Gasteiger partial charge < -0.3 is 20.7 Å². The van der Waals surface area contributed by atoms with E-state index in [2.05, 4.69) is 15.2 Å². The smallest absolute Gasteiger partial charge is 0.326 e. The minimum Gasteiger partial charge on any atom is -0.480 e. The summed E-state index contributed by atoms with van der Waals surface area (Å²) in [4.78, 5) is 22.0. The molecule has 26 heavy (non-hydrogen) atoms. The maximum absolute atomic E-state index is 12.3. The molecular formula is C15H18N4O6S. The van der Waals surface area contributed by atoms with Crippen LogP contribution in [0.2, 0.25) is 0 Å². The van der Waals surface area contributed by atoms with Crippen molar-refractivity contribution in [2.75, 3.05) is 10.0 Å². The number of aryl methyl sites for hydroxylation is 1. The first-order valence-electron chi connectivity index (χ1n) is 7.51. The second-order valence-corrected chi connectivity index (χ2v) is 7.18. The first-order chi connectivity index (χ1) is 12.2. The third-order valence-electron chi connectivity index (χ3n) is 3.35. The summed E-state index contributed by atoms with van der Waals surface area (Å²) in [6.07, 6.45) is -0.0742. The molecule has 0 radical (unpaired) electrons. The van der Waals surface area contributed by atoms with Gasteiger partial charge in [0.1, 0.15) is 11.8 Å². The van der Waals surface area contributed by atoms with E-state index in [0.717, 1.165) is 0 Å². The number of primary amides is 1. The van der Waals surface area contributed by atoms with Gasteiger partial charge >= 0.3 is 5.97 Å². The normalized spacial score (nSPS) is 12.3. The third-order valence-corrected chi connectivity index (χ3v) is 4.72. The zero-order valence-corrected chi connectivity index (χ0v) is 14.6. The molecule has 0 bridgehead atoms. The number of aromatic nitrogens is 1. The molecule has 5 N–H and O–H groups in total. The van der Waals surface area contributed by atoms with Crippen molar-refractivity contribution in [2.45, 2.75) is 30.7 Å². The molecule has 0 saturated carbocycles. The summed E-state index contributed by atoms with van der Waals surface area (Å²) in [5.74, 6) is -1.24. The summed E-state index contributed by atoms with van der Waals surface area (Å²) in [5.41, 5.74) is 5.41. The number of rotatable bonds is 9. The first-order valence-corrected chi connectivity index (χ1v) is 8.99. The van der Waals surface area contributed by atoms with Gasteiger partial charge in [-0.25, -0.2) is 13.2 Å². The van der Waals surface area contributed by atoms with Crippen molar-refractivity contribution in [3.63, 3.8) is 0 Å². The second kappa shape index (κ2) is 7.87. The zero-order valence-electron chi connectivity index (χ0n) is 13.8. The van der Waals surface area contributed by atoms with Gasteiger partial charge in [0.25, 0.3) is 10.0 Å². The van der Waals surface area contributed by atoms with Gasteiger partial charge in [-0.05, 0) is 37.6 Å². The number of carboxylic acids is 1. The lowest BCUT2D eigenvalue weighted by Crippen LogP contribution is -2.30. The van der Waals surface area contributed by atoms with Crippen LogP contribution in [0.1, 0.15) is 18.6 Å². The van der Waals surface area contributed by atoms with Crippen molar-refractivity contribution in [3.8, 4) is 0 Å². The number of anilines is 2. The van der Waals surface area contributed by atoms with Crippen LogP contribution in [0.25, 0.3) is 0 Å². The topological polar surface area (TPSA) is 165 Å². The Bertz CT molecular complexity index is 891. The van der Waals surface area contributed by atoms with Gasteiger partial charge in [-0.15, -0.1) is 0 Å². The van der Waals surface area contributed by atoms with Gasteiger partial charge in [-0.2, -0.15) is 0 Å². The predicted molar refractivity (Wildman–Crippen MR) is 92.0 cm³/mol. The Hall–Kier alpha value is -3.08. The maximum Gasteiger partial charge on any atom is 0.326 e. The number of nitrogens with one attached hydrogen (secondary N) is 2. The Labute approximate surface area is 149 Å². The van der Waals surface area contributed by atoms with E-state index in [9.17, 15) is 18.0 Å². The number of carbonyl (C=O) groups is 2. The van der Waals surface area contributed by atoms with Crippen LogP contribution in [-0.4, -0.2) is 36.6 Å². The van der Waals surface area contributed by atoms with Gasteiger partial charge in [-0.3, -0.25) is 9.52 Å². The number of nitrogens with zero attached hydrogens (tertiary/aromatic N) is 1. The highest BCUT2D eigenvalue weighted by molar-refractivity contribution is 7.92. The quantitative estimate of drug-likeness (QED) is 0.497. The lowest BCUT2D eigenvalue weighted by atomic mass is 10.1. The van der Waals surface area contributed by atoms with E-state index in [1.54, 1.807) is 6.92 Å². The molecule has 0 unspecified atom stereocenters. The van der Waals surface area contributed by atoms with Crippen molar-refractivity contribution in [1.29, 1.82) is 0 Å². The van der Waals surface area contributed by atoms with E-state index in [1.165, 1.54) is 30.3 Å². The molecule has 1 atom stereocenters. The Kier molecular flexibility index (Phi) is 5.82. The number of nitrogens with two attached hydrogens (primary N) is 1. The standard InChI is InChI=1S/C15H18N4O6S/c1-9-8-14(18-25-9)19-26(23,24)11-4-2-10(3-5-11)17-12(15(21)22)6-7-13(16)20/h2-5,8,12,17H,6-7H2,1H3,(H2,16,20)(H,18,19)(H,21,22)/t12-/m0/s1. The fraction of sp³-hybridized carbons (Fsp3) is 0.267. The third kappa shape index (κ3) is 5.21. The molecular weight excluding hydrogens is 364 g/mol. The van der Waals surface area contributed by atoms with E-state index < -0.39 is 27.9 Å². The monoisotopic (exact) mass is 382 g/mol. The molecule has 10 nitrogen and oxygen atoms in total. The highest BCUT2D eigenvalue weighted by Crippen LogP contribution is 2.19. The van der Waals surface area contributed by atoms with Crippen LogP contribution in [0.3, 0.4) is 0 Å². The number of hydrogen-bond donors (Lipinski definition) is 4. The maximum atomic E-state index is 12.3. The molecule has 0 aliphatic rings. The van der Waals surface area contributed by atoms with Gasteiger partial charge in [0.2, 0.25) is 5.91 Å². The van der Waals surface area contributed by atoms with Crippen molar-refractivity contribution < 1.29 is 27.6 Å². The largest absolute Gasteiger partial charge is 0.480 e. The zero-order chi connectivity index (χ0) is 19.3. The van der Waals surface area contributed by atoms with Gasteiger partial charge in [-0.1, -0.05) is 5.16 Å². The van der Waals surface area contributed by atoms with Crippen molar-refractivity contribution in [2.24, 2.45) is 5.73 Å². The Morgan fingerprint density at radius 3 is 2.46 bits per heavy atom. The van der Waals surface area contributed by atoms with Crippen LogP contribution in [0.5, 0.6) is 0 Å². The second-order valence-electron chi connectivity index (χ2n) is 5.49. The SMILES string of the molecule is Cc1cc(NS(=O)(=O)c2ccc(N[C@@H](CCC(N)=O)C(=O)O)cc2)no1. The predicted octanol–water partition coefficient (Wildman–Crippen LogP) is 0.914. The average Bonchev–Trinajstić information content (AvgIpc) is 2.95. The van der Waals surface area contributed by atoms with Gasteiger partial charge in [0.15, 0.2) is 5.82 Å². The number of carbonyl (C=O) groups excluding carboxylic acids is 1. The van der Waals surface area contributed by atoms with Crippen LogP contribution in [0.15, 0.2) is 39.8 Å². The molecule has 1 amide bonds. The molecule has 1 aromatic carbocycles. The molecule has 2 aromatic rings. The van der Waals surface area contributed by atoms with E-state index >= 15 is 0 Å². The molecule has 2 rings (SSSR count). The number of benzene rings is 1. The summed E-state index contributed by atoms with van der Waals surface area (Å²) < 4.78 is 31.6. The molecule has 11 heteroatoms. The van der Waals surface area contributed by atoms with E-state index in [1.807, 2.05) is 0 Å². The fourth-order valence-electron chi connectivity index (χ4n) is 2.09. The van der Waals surface area contributed by atoms with Crippen molar-refractivity contribution in [3.05, 3.63) is 36.1 Å². The Balaban J connectivity index is 2.08. The lowest BCUT2D eigenvalue weighted by molar-refractivity contribution is -0.138. The molecule has 140 valence electrons. The average molecular weight is 382 g/mol.